The molecule has 2 rings (SSSR count). The lowest BCUT2D eigenvalue weighted by Crippen LogP contribution is -2.28. The monoisotopic (exact) mass is 349 g/mol. The topological polar surface area (TPSA) is 46.9 Å². The maximum atomic E-state index is 12.2. The number of benzene rings is 1. The van der Waals surface area contributed by atoms with Gasteiger partial charge in [0.05, 0.1) is 18.2 Å². The Morgan fingerprint density at radius 3 is 2.48 bits per heavy atom. The summed E-state index contributed by atoms with van der Waals surface area (Å²) in [6, 6.07) is 7.97. The minimum Gasteiger partial charge on any atom is -0.349 e. The second-order valence-electron chi connectivity index (χ2n) is 5.29. The van der Waals surface area contributed by atoms with E-state index in [2.05, 4.69) is 26.3 Å². The molecule has 1 aromatic carbocycles. The van der Waals surface area contributed by atoms with Crippen LogP contribution in [0, 0.1) is 13.8 Å². The van der Waals surface area contributed by atoms with Gasteiger partial charge in [-0.1, -0.05) is 28.1 Å². The molecule has 0 radical (unpaired) electrons. The van der Waals surface area contributed by atoms with Gasteiger partial charge in [0.15, 0.2) is 0 Å². The fourth-order valence-corrected chi connectivity index (χ4v) is 2.63. The zero-order valence-electron chi connectivity index (χ0n) is 12.8. The summed E-state index contributed by atoms with van der Waals surface area (Å²) in [6.45, 7) is 5.92. The molecule has 1 unspecified atom stereocenters. The first kappa shape index (κ1) is 15.8. The molecule has 112 valence electrons. The van der Waals surface area contributed by atoms with Crippen LogP contribution in [0.25, 0.3) is 0 Å². The van der Waals surface area contributed by atoms with Crippen LogP contribution in [0.1, 0.15) is 35.5 Å². The summed E-state index contributed by atoms with van der Waals surface area (Å²) in [5.74, 6) is 0.0182. The standard InChI is InChI=1S/C16H20BrN3O/c1-10(13-5-7-14(17)8-6-13)18-16(21)9-15-11(2)19-20(4)12(15)3/h5-8,10H,9H2,1-4H3,(H,18,21). The maximum Gasteiger partial charge on any atom is 0.225 e. The van der Waals surface area contributed by atoms with Gasteiger partial charge in [0.1, 0.15) is 0 Å². The number of aromatic nitrogens is 2. The second-order valence-corrected chi connectivity index (χ2v) is 6.21. The lowest BCUT2D eigenvalue weighted by Gasteiger charge is -2.14. The molecular weight excluding hydrogens is 330 g/mol. The van der Waals surface area contributed by atoms with Crippen molar-refractivity contribution in [3.63, 3.8) is 0 Å². The molecule has 0 saturated carbocycles. The molecule has 1 aromatic heterocycles. The number of halogens is 1. The average Bonchev–Trinajstić information content (AvgIpc) is 2.66. The van der Waals surface area contributed by atoms with Gasteiger partial charge in [-0.15, -0.1) is 0 Å². The van der Waals surface area contributed by atoms with Crippen LogP contribution in [0.15, 0.2) is 28.7 Å². The van der Waals surface area contributed by atoms with Crippen LogP contribution in [0.2, 0.25) is 0 Å². The van der Waals surface area contributed by atoms with E-state index in [1.165, 1.54) is 0 Å². The number of hydrogen-bond acceptors (Lipinski definition) is 2. The number of carbonyl (C=O) groups excluding carboxylic acids is 1. The first-order valence-electron chi connectivity index (χ1n) is 6.92. The van der Waals surface area contributed by atoms with Crippen molar-refractivity contribution >= 4 is 21.8 Å². The van der Waals surface area contributed by atoms with Crippen LogP contribution in [0.5, 0.6) is 0 Å². The van der Waals surface area contributed by atoms with Crippen molar-refractivity contribution in [3.8, 4) is 0 Å². The Bertz CT molecular complexity index is 646. The molecule has 1 N–H and O–H groups in total. The predicted octanol–water partition coefficient (Wildman–Crippen LogP) is 3.22. The molecule has 0 aliphatic rings. The molecule has 0 saturated heterocycles. The number of carbonyl (C=O) groups is 1. The van der Waals surface area contributed by atoms with Crippen molar-refractivity contribution in [1.29, 1.82) is 0 Å². The Labute approximate surface area is 133 Å². The highest BCUT2D eigenvalue weighted by molar-refractivity contribution is 9.10. The van der Waals surface area contributed by atoms with E-state index in [1.54, 1.807) is 0 Å². The van der Waals surface area contributed by atoms with Gasteiger partial charge < -0.3 is 5.32 Å². The summed E-state index contributed by atoms with van der Waals surface area (Å²) in [4.78, 5) is 12.2. The Morgan fingerprint density at radius 1 is 1.33 bits per heavy atom. The first-order valence-corrected chi connectivity index (χ1v) is 7.71. The maximum absolute atomic E-state index is 12.2. The fraction of sp³-hybridized carbons (Fsp3) is 0.375. The molecule has 0 bridgehead atoms. The van der Waals surface area contributed by atoms with Crippen LogP contribution in [0.3, 0.4) is 0 Å². The number of hydrogen-bond donors (Lipinski definition) is 1. The highest BCUT2D eigenvalue weighted by Crippen LogP contribution is 2.17. The molecule has 0 spiro atoms. The highest BCUT2D eigenvalue weighted by Gasteiger charge is 2.15. The SMILES string of the molecule is Cc1nn(C)c(C)c1CC(=O)NC(C)c1ccc(Br)cc1. The largest absolute Gasteiger partial charge is 0.349 e. The quantitative estimate of drug-likeness (QED) is 0.920. The Hall–Kier alpha value is -1.62. The van der Waals surface area contributed by atoms with E-state index in [-0.39, 0.29) is 11.9 Å². The third-order valence-corrected chi connectivity index (χ3v) is 4.27. The van der Waals surface area contributed by atoms with Crippen LogP contribution in [-0.2, 0) is 18.3 Å². The number of nitrogens with zero attached hydrogens (tertiary/aromatic N) is 2. The lowest BCUT2D eigenvalue weighted by atomic mass is 10.1. The third-order valence-electron chi connectivity index (χ3n) is 3.74. The van der Waals surface area contributed by atoms with E-state index in [0.717, 1.165) is 27.0 Å². The van der Waals surface area contributed by atoms with Gasteiger partial charge >= 0.3 is 0 Å². The molecule has 0 aliphatic carbocycles. The lowest BCUT2D eigenvalue weighted by molar-refractivity contribution is -0.121. The van der Waals surface area contributed by atoms with Crippen LogP contribution in [-0.4, -0.2) is 15.7 Å². The molecule has 0 aliphatic heterocycles. The number of nitrogens with one attached hydrogen (secondary N) is 1. The van der Waals surface area contributed by atoms with E-state index < -0.39 is 0 Å². The summed E-state index contributed by atoms with van der Waals surface area (Å²) in [7, 11) is 1.90. The zero-order chi connectivity index (χ0) is 15.6. The molecule has 2 aromatic rings. The van der Waals surface area contributed by atoms with E-state index >= 15 is 0 Å². The zero-order valence-corrected chi connectivity index (χ0v) is 14.4. The molecule has 0 fully saturated rings. The average molecular weight is 350 g/mol. The van der Waals surface area contributed by atoms with Crippen molar-refractivity contribution in [1.82, 2.24) is 15.1 Å². The summed E-state index contributed by atoms with van der Waals surface area (Å²) in [6.07, 6.45) is 0.367. The van der Waals surface area contributed by atoms with E-state index in [9.17, 15) is 4.79 Å². The Kier molecular flexibility index (Phi) is 4.83. The smallest absolute Gasteiger partial charge is 0.225 e. The number of rotatable bonds is 4. The van der Waals surface area contributed by atoms with Gasteiger partial charge in [-0.2, -0.15) is 5.10 Å². The summed E-state index contributed by atoms with van der Waals surface area (Å²) in [5.41, 5.74) is 4.06. The summed E-state index contributed by atoms with van der Waals surface area (Å²) >= 11 is 3.41. The van der Waals surface area contributed by atoms with Gasteiger partial charge in [-0.3, -0.25) is 9.48 Å². The van der Waals surface area contributed by atoms with Gasteiger partial charge in [0, 0.05) is 22.8 Å². The second kappa shape index (κ2) is 6.43. The third kappa shape index (κ3) is 3.73. The van der Waals surface area contributed by atoms with Crippen molar-refractivity contribution in [2.45, 2.75) is 33.2 Å². The number of amides is 1. The van der Waals surface area contributed by atoms with Gasteiger partial charge in [0.2, 0.25) is 5.91 Å². The van der Waals surface area contributed by atoms with Crippen LogP contribution < -0.4 is 5.32 Å². The van der Waals surface area contributed by atoms with Crippen LogP contribution in [0.4, 0.5) is 0 Å². The van der Waals surface area contributed by atoms with Crippen molar-refractivity contribution in [2.75, 3.05) is 0 Å². The summed E-state index contributed by atoms with van der Waals surface area (Å²) in [5, 5.41) is 7.38. The van der Waals surface area contributed by atoms with Crippen molar-refractivity contribution in [3.05, 3.63) is 51.3 Å². The Balaban J connectivity index is 2.03. The minimum absolute atomic E-state index is 0.0112. The fourth-order valence-electron chi connectivity index (χ4n) is 2.36. The molecule has 1 atom stereocenters. The van der Waals surface area contributed by atoms with Crippen LogP contribution >= 0.6 is 15.9 Å². The molecular formula is C16H20BrN3O. The van der Waals surface area contributed by atoms with E-state index in [1.807, 2.05) is 56.8 Å². The summed E-state index contributed by atoms with van der Waals surface area (Å²) < 4.78 is 2.85. The minimum atomic E-state index is -0.0112. The van der Waals surface area contributed by atoms with E-state index in [4.69, 9.17) is 0 Å². The van der Waals surface area contributed by atoms with Gasteiger partial charge in [0.25, 0.3) is 0 Å². The molecule has 21 heavy (non-hydrogen) atoms. The predicted molar refractivity (Wildman–Crippen MR) is 87.1 cm³/mol. The normalized spacial score (nSPS) is 12.2. The highest BCUT2D eigenvalue weighted by atomic mass is 79.9. The molecule has 1 amide bonds. The number of aryl methyl sites for hydroxylation is 2. The van der Waals surface area contributed by atoms with Crippen molar-refractivity contribution < 1.29 is 4.79 Å². The Morgan fingerprint density at radius 2 is 1.95 bits per heavy atom. The molecule has 5 heteroatoms. The van der Waals surface area contributed by atoms with E-state index in [0.29, 0.717) is 6.42 Å². The first-order chi connectivity index (χ1) is 9.88. The molecule has 1 heterocycles. The molecule has 4 nitrogen and oxygen atoms in total. The van der Waals surface area contributed by atoms with Gasteiger partial charge in [-0.25, -0.2) is 0 Å². The van der Waals surface area contributed by atoms with Crippen molar-refractivity contribution in [2.24, 2.45) is 7.05 Å². The van der Waals surface area contributed by atoms with Gasteiger partial charge in [-0.05, 0) is 38.5 Å².